The number of rotatable bonds is 5. The van der Waals surface area contributed by atoms with E-state index in [2.05, 4.69) is 174 Å². The van der Waals surface area contributed by atoms with Gasteiger partial charge in [0.15, 0.2) is 17.5 Å². The molecule has 13 rings (SSSR count). The molecule has 4 heterocycles. The van der Waals surface area contributed by atoms with Crippen LogP contribution in [0.4, 0.5) is 0 Å². The van der Waals surface area contributed by atoms with Crippen molar-refractivity contribution in [2.24, 2.45) is 0 Å². The predicted molar refractivity (Wildman–Crippen MR) is 248 cm³/mol. The number of para-hydroxylation sites is 4. The van der Waals surface area contributed by atoms with Crippen molar-refractivity contribution in [3.8, 4) is 51.0 Å². The Bertz CT molecular complexity index is 3900. The van der Waals surface area contributed by atoms with Gasteiger partial charge in [0.1, 0.15) is 22.3 Å². The van der Waals surface area contributed by atoms with Crippen molar-refractivity contribution in [3.63, 3.8) is 0 Å². The van der Waals surface area contributed by atoms with Gasteiger partial charge in [-0.1, -0.05) is 133 Å². The maximum absolute atomic E-state index is 6.85. The summed E-state index contributed by atoms with van der Waals surface area (Å²) in [6.45, 7) is 0. The Morgan fingerprint density at radius 2 is 0.885 bits per heavy atom. The van der Waals surface area contributed by atoms with Crippen LogP contribution < -0.4 is 0 Å². The SMILES string of the molecule is c1ccc(-n2c3ccccc3c3ccc(-c4cccc5c4oc4cc(-c6nc(-c7ccc8ccccc8c7)nc(-c7ccc8c(c7)oc7ccccc78)n6)ccc45)cc32)cc1. The van der Waals surface area contributed by atoms with E-state index in [1.165, 1.54) is 16.3 Å². The van der Waals surface area contributed by atoms with Gasteiger partial charge in [0.2, 0.25) is 0 Å². The predicted octanol–water partition coefficient (Wildman–Crippen LogP) is 14.6. The summed E-state index contributed by atoms with van der Waals surface area (Å²) in [7, 11) is 0. The molecule has 9 aromatic carbocycles. The summed E-state index contributed by atoms with van der Waals surface area (Å²) in [5, 5.41) is 8.92. The molecule has 0 atom stereocenters. The Hall–Kier alpha value is -8.35. The molecule has 61 heavy (non-hydrogen) atoms. The second-order valence-corrected chi connectivity index (χ2v) is 15.6. The van der Waals surface area contributed by atoms with E-state index in [1.54, 1.807) is 0 Å². The van der Waals surface area contributed by atoms with E-state index in [0.717, 1.165) is 93.7 Å². The van der Waals surface area contributed by atoms with Gasteiger partial charge in [-0.3, -0.25) is 0 Å². The second-order valence-electron chi connectivity index (χ2n) is 15.6. The Kier molecular flexibility index (Phi) is 7.21. The summed E-state index contributed by atoms with van der Waals surface area (Å²) >= 11 is 0. The number of hydrogen-bond donors (Lipinski definition) is 0. The van der Waals surface area contributed by atoms with Crippen molar-refractivity contribution in [3.05, 3.63) is 194 Å². The summed E-state index contributed by atoms with van der Waals surface area (Å²) in [6.07, 6.45) is 0. The molecule has 0 saturated carbocycles. The normalized spacial score (nSPS) is 11.9. The first-order valence-corrected chi connectivity index (χ1v) is 20.4. The van der Waals surface area contributed by atoms with Crippen molar-refractivity contribution in [2.75, 3.05) is 0 Å². The summed E-state index contributed by atoms with van der Waals surface area (Å²) < 4.78 is 15.5. The fourth-order valence-electron chi connectivity index (χ4n) is 9.11. The number of hydrogen-bond acceptors (Lipinski definition) is 5. The highest BCUT2D eigenvalue weighted by Crippen LogP contribution is 2.41. The third-order valence-corrected chi connectivity index (χ3v) is 12.0. The van der Waals surface area contributed by atoms with E-state index in [4.69, 9.17) is 23.8 Å². The van der Waals surface area contributed by atoms with E-state index in [-0.39, 0.29) is 0 Å². The molecule has 6 heteroatoms. The van der Waals surface area contributed by atoms with Gasteiger partial charge < -0.3 is 13.4 Å². The van der Waals surface area contributed by atoms with E-state index in [9.17, 15) is 0 Å². The minimum absolute atomic E-state index is 0.555. The third-order valence-electron chi connectivity index (χ3n) is 12.0. The van der Waals surface area contributed by atoms with E-state index in [1.807, 2.05) is 24.3 Å². The van der Waals surface area contributed by atoms with Crippen LogP contribution in [0.25, 0.3) is 127 Å². The molecule has 4 aromatic heterocycles. The lowest BCUT2D eigenvalue weighted by Gasteiger charge is -2.09. The van der Waals surface area contributed by atoms with Gasteiger partial charge in [-0.05, 0) is 77.0 Å². The average Bonchev–Trinajstić information content (AvgIpc) is 4.00. The second kappa shape index (κ2) is 13.1. The van der Waals surface area contributed by atoms with Crippen LogP contribution in [0.3, 0.4) is 0 Å². The van der Waals surface area contributed by atoms with Crippen molar-refractivity contribution in [1.29, 1.82) is 0 Å². The zero-order valence-electron chi connectivity index (χ0n) is 32.6. The van der Waals surface area contributed by atoms with E-state index < -0.39 is 0 Å². The van der Waals surface area contributed by atoms with Crippen molar-refractivity contribution in [2.45, 2.75) is 0 Å². The average molecular weight is 781 g/mol. The first-order valence-electron chi connectivity index (χ1n) is 20.4. The molecule has 0 aliphatic heterocycles. The number of benzene rings is 9. The smallest absolute Gasteiger partial charge is 0.164 e. The molecular weight excluding hydrogens is 749 g/mol. The fraction of sp³-hybridized carbons (Fsp3) is 0. The molecule has 13 aromatic rings. The van der Waals surface area contributed by atoms with E-state index >= 15 is 0 Å². The van der Waals surface area contributed by atoms with Gasteiger partial charge in [-0.2, -0.15) is 0 Å². The van der Waals surface area contributed by atoms with Gasteiger partial charge in [-0.25, -0.2) is 15.0 Å². The van der Waals surface area contributed by atoms with Crippen LogP contribution in [0.5, 0.6) is 0 Å². The largest absolute Gasteiger partial charge is 0.456 e. The molecule has 0 aliphatic carbocycles. The number of aromatic nitrogens is 4. The van der Waals surface area contributed by atoms with Crippen LogP contribution >= 0.6 is 0 Å². The third kappa shape index (κ3) is 5.32. The lowest BCUT2D eigenvalue weighted by atomic mass is 10.0. The summed E-state index contributed by atoms with van der Waals surface area (Å²) in [6, 6.07) is 67.5. The Morgan fingerprint density at radius 1 is 0.328 bits per heavy atom. The van der Waals surface area contributed by atoms with Gasteiger partial charge in [-0.15, -0.1) is 0 Å². The van der Waals surface area contributed by atoms with Crippen LogP contribution in [0.2, 0.25) is 0 Å². The zero-order valence-corrected chi connectivity index (χ0v) is 32.6. The number of fused-ring (bicyclic) bond motifs is 10. The molecule has 6 nitrogen and oxygen atoms in total. The quantitative estimate of drug-likeness (QED) is 0.174. The molecule has 284 valence electrons. The summed E-state index contributed by atoms with van der Waals surface area (Å²) in [4.78, 5) is 15.3. The first-order chi connectivity index (χ1) is 30.2. The Balaban J connectivity index is 0.965. The highest BCUT2D eigenvalue weighted by Gasteiger charge is 2.19. The van der Waals surface area contributed by atoms with Gasteiger partial charge in [0, 0.05) is 60.3 Å². The topological polar surface area (TPSA) is 69.9 Å². The molecule has 0 unspecified atom stereocenters. The maximum atomic E-state index is 6.85. The molecule has 0 fully saturated rings. The lowest BCUT2D eigenvalue weighted by molar-refractivity contribution is 0.669. The standard InChI is InChI=1S/C55H32N4O2/c1-2-13-39(14-3-1)59-47-19-8-6-15-41(47)42-26-23-35(30-48(42)59)40-17-10-18-46-45-28-25-38(32-51(45)61-52(40)46)55-57-53(36-22-21-33-11-4-5-12-34(33)29-36)56-54(58-55)37-24-27-44-43-16-7-9-20-49(43)60-50(44)31-37/h1-32H. The Morgan fingerprint density at radius 3 is 1.69 bits per heavy atom. The van der Waals surface area contributed by atoms with E-state index in [0.29, 0.717) is 17.5 Å². The number of furan rings is 2. The highest BCUT2D eigenvalue weighted by atomic mass is 16.3. The molecule has 0 spiro atoms. The molecule has 0 aliphatic rings. The van der Waals surface area contributed by atoms with Crippen molar-refractivity contribution in [1.82, 2.24) is 19.5 Å². The van der Waals surface area contributed by atoms with Crippen LogP contribution in [0.15, 0.2) is 203 Å². The van der Waals surface area contributed by atoms with Gasteiger partial charge in [0.05, 0.1) is 11.0 Å². The lowest BCUT2D eigenvalue weighted by Crippen LogP contribution is -2.00. The highest BCUT2D eigenvalue weighted by molar-refractivity contribution is 6.13. The first kappa shape index (κ1) is 33.6. The minimum atomic E-state index is 0.555. The maximum Gasteiger partial charge on any atom is 0.164 e. The van der Waals surface area contributed by atoms with Crippen LogP contribution in [0.1, 0.15) is 0 Å². The van der Waals surface area contributed by atoms with Crippen molar-refractivity contribution < 1.29 is 8.83 Å². The van der Waals surface area contributed by atoms with Crippen molar-refractivity contribution >= 4 is 76.5 Å². The molecule has 0 saturated heterocycles. The monoisotopic (exact) mass is 780 g/mol. The van der Waals surface area contributed by atoms with Gasteiger partial charge in [0.25, 0.3) is 0 Å². The molecule has 0 bridgehead atoms. The van der Waals surface area contributed by atoms with Gasteiger partial charge >= 0.3 is 0 Å². The summed E-state index contributed by atoms with van der Waals surface area (Å²) in [5.41, 5.74) is 11.4. The summed E-state index contributed by atoms with van der Waals surface area (Å²) in [5.74, 6) is 1.70. The molecule has 0 amide bonds. The van der Waals surface area contributed by atoms with Crippen LogP contribution in [-0.4, -0.2) is 19.5 Å². The fourth-order valence-corrected chi connectivity index (χ4v) is 9.11. The zero-order chi connectivity index (χ0) is 40.0. The molecule has 0 radical (unpaired) electrons. The Labute approximate surface area is 348 Å². The number of nitrogens with zero attached hydrogens (tertiary/aromatic N) is 4. The minimum Gasteiger partial charge on any atom is -0.456 e. The molecular formula is C55H32N4O2. The van der Waals surface area contributed by atoms with Crippen LogP contribution in [0, 0.1) is 0 Å². The van der Waals surface area contributed by atoms with Crippen LogP contribution in [-0.2, 0) is 0 Å². The molecule has 0 N–H and O–H groups in total.